The molecule has 2 aromatic heterocycles. The normalized spacial score (nSPS) is 11.5. The smallest absolute Gasteiger partial charge is 0.143 e. The van der Waals surface area contributed by atoms with Crippen LogP contribution in [0.25, 0.3) is 86.6 Å². The van der Waals surface area contributed by atoms with Gasteiger partial charge in [0.05, 0.1) is 10.4 Å². The third-order valence-electron chi connectivity index (χ3n) is 11.1. The van der Waals surface area contributed by atoms with Crippen LogP contribution < -0.4 is 4.90 Å². The molecule has 0 saturated carbocycles. The van der Waals surface area contributed by atoms with Crippen LogP contribution in [-0.4, -0.2) is 0 Å². The summed E-state index contributed by atoms with van der Waals surface area (Å²) in [6.45, 7) is 0. The maximum atomic E-state index is 6.59. The van der Waals surface area contributed by atoms with Gasteiger partial charge in [0.2, 0.25) is 0 Å². The molecule has 2 nitrogen and oxygen atoms in total. The topological polar surface area (TPSA) is 16.4 Å². The summed E-state index contributed by atoms with van der Waals surface area (Å²) in [6.07, 6.45) is 0. The molecule has 268 valence electrons. The molecule has 0 fully saturated rings. The number of anilines is 3. The molecule has 3 heteroatoms. The standard InChI is InChI=1S/C54H35NOS/c1-3-13-36(14-4-1)37-25-27-38(28-26-37)39-29-31-41(32-30-39)55(50-22-12-21-48-45-18-8-10-24-52(45)57-54(48)50)42-33-34-43(49(35-42)40-15-5-2-6-16-40)46-19-11-20-47-44-17-7-9-23-51(44)56-53(46)47/h1-35H. The van der Waals surface area contributed by atoms with Crippen LogP contribution in [0.3, 0.4) is 0 Å². The average molecular weight is 746 g/mol. The van der Waals surface area contributed by atoms with E-state index in [-0.39, 0.29) is 0 Å². The van der Waals surface area contributed by atoms with E-state index >= 15 is 0 Å². The van der Waals surface area contributed by atoms with Crippen LogP contribution in [0.1, 0.15) is 0 Å². The Hall–Kier alpha value is -7.20. The second kappa shape index (κ2) is 13.8. The highest BCUT2D eigenvalue weighted by atomic mass is 32.1. The fourth-order valence-electron chi connectivity index (χ4n) is 8.35. The molecule has 11 rings (SSSR count). The molecule has 0 spiro atoms. The number of furan rings is 1. The predicted octanol–water partition coefficient (Wildman–Crippen LogP) is 16.1. The van der Waals surface area contributed by atoms with Crippen molar-refractivity contribution in [1.82, 2.24) is 0 Å². The molecule has 9 aromatic carbocycles. The Labute approximate surface area is 335 Å². The number of benzene rings is 9. The Bertz CT molecular complexity index is 3210. The molecule has 0 N–H and O–H groups in total. The third kappa shape index (κ3) is 5.80. The Balaban J connectivity index is 1.09. The summed E-state index contributed by atoms with van der Waals surface area (Å²) in [6, 6.07) is 76.3. The van der Waals surface area contributed by atoms with Crippen LogP contribution in [-0.2, 0) is 0 Å². The second-order valence-corrected chi connectivity index (χ2v) is 15.5. The SMILES string of the molecule is c1ccc(-c2ccc(-c3ccc(N(c4ccc(-c5cccc6c5oc5ccccc56)c(-c5ccccc5)c4)c4cccc5c4sc4ccccc45)cc3)cc2)cc1. The quantitative estimate of drug-likeness (QED) is 0.162. The van der Waals surface area contributed by atoms with Crippen molar-refractivity contribution in [1.29, 1.82) is 0 Å². The molecule has 57 heavy (non-hydrogen) atoms. The minimum absolute atomic E-state index is 0.899. The van der Waals surface area contributed by atoms with E-state index in [1.165, 1.54) is 42.4 Å². The van der Waals surface area contributed by atoms with E-state index in [4.69, 9.17) is 4.42 Å². The number of thiophene rings is 1. The first kappa shape index (κ1) is 33.2. The summed E-state index contributed by atoms with van der Waals surface area (Å²) in [5.74, 6) is 0. The van der Waals surface area contributed by atoms with E-state index in [1.807, 2.05) is 17.4 Å². The molecule has 0 amide bonds. The summed E-state index contributed by atoms with van der Waals surface area (Å²) in [5, 5.41) is 4.81. The molecule has 2 heterocycles. The molecule has 11 aromatic rings. The van der Waals surface area contributed by atoms with Gasteiger partial charge >= 0.3 is 0 Å². The van der Waals surface area contributed by atoms with Gasteiger partial charge in [0.25, 0.3) is 0 Å². The summed E-state index contributed by atoms with van der Waals surface area (Å²) < 4.78 is 9.14. The van der Waals surface area contributed by atoms with Gasteiger partial charge in [0.15, 0.2) is 0 Å². The predicted molar refractivity (Wildman–Crippen MR) is 243 cm³/mol. The molecular formula is C54H35NOS. The van der Waals surface area contributed by atoms with E-state index < -0.39 is 0 Å². The number of hydrogen-bond acceptors (Lipinski definition) is 3. The summed E-state index contributed by atoms with van der Waals surface area (Å²) >= 11 is 1.86. The van der Waals surface area contributed by atoms with Gasteiger partial charge in [-0.05, 0) is 81.4 Å². The van der Waals surface area contributed by atoms with E-state index in [0.29, 0.717) is 0 Å². The van der Waals surface area contributed by atoms with Gasteiger partial charge < -0.3 is 9.32 Å². The lowest BCUT2D eigenvalue weighted by Crippen LogP contribution is -2.10. The van der Waals surface area contributed by atoms with Crippen LogP contribution in [0, 0.1) is 0 Å². The lowest BCUT2D eigenvalue weighted by Gasteiger charge is -2.27. The molecule has 0 radical (unpaired) electrons. The van der Waals surface area contributed by atoms with Crippen molar-refractivity contribution < 1.29 is 4.42 Å². The Kier molecular flexibility index (Phi) is 8.04. The fraction of sp³-hybridized carbons (Fsp3) is 0. The zero-order valence-electron chi connectivity index (χ0n) is 31.0. The molecule has 0 aliphatic rings. The van der Waals surface area contributed by atoms with Gasteiger partial charge in [-0.25, -0.2) is 0 Å². The Morgan fingerprint density at radius 1 is 0.351 bits per heavy atom. The van der Waals surface area contributed by atoms with Gasteiger partial charge in [-0.2, -0.15) is 0 Å². The molecule has 0 bridgehead atoms. The monoisotopic (exact) mass is 745 g/mol. The van der Waals surface area contributed by atoms with E-state index in [0.717, 1.165) is 61.3 Å². The van der Waals surface area contributed by atoms with Gasteiger partial charge in [-0.3, -0.25) is 0 Å². The maximum Gasteiger partial charge on any atom is 0.143 e. The van der Waals surface area contributed by atoms with Crippen LogP contribution in [0.5, 0.6) is 0 Å². The first-order valence-electron chi connectivity index (χ1n) is 19.3. The molecular weight excluding hydrogens is 711 g/mol. The van der Waals surface area contributed by atoms with Crippen LogP contribution in [0.15, 0.2) is 217 Å². The van der Waals surface area contributed by atoms with Crippen molar-refractivity contribution in [3.8, 4) is 44.5 Å². The van der Waals surface area contributed by atoms with Crippen LogP contribution >= 0.6 is 11.3 Å². The van der Waals surface area contributed by atoms with Crippen molar-refractivity contribution in [3.63, 3.8) is 0 Å². The third-order valence-corrected chi connectivity index (χ3v) is 12.3. The first-order chi connectivity index (χ1) is 28.3. The maximum absolute atomic E-state index is 6.59. The minimum Gasteiger partial charge on any atom is -0.455 e. The highest BCUT2D eigenvalue weighted by Crippen LogP contribution is 2.47. The highest BCUT2D eigenvalue weighted by molar-refractivity contribution is 7.26. The minimum atomic E-state index is 0.899. The Morgan fingerprint density at radius 3 is 1.67 bits per heavy atom. The van der Waals surface area contributed by atoms with Crippen molar-refractivity contribution in [2.45, 2.75) is 0 Å². The van der Waals surface area contributed by atoms with Crippen molar-refractivity contribution in [2.75, 3.05) is 4.90 Å². The summed E-state index contributed by atoms with van der Waals surface area (Å²) in [5.41, 5.74) is 14.4. The van der Waals surface area contributed by atoms with Gasteiger partial charge in [0, 0.05) is 43.2 Å². The van der Waals surface area contributed by atoms with E-state index in [9.17, 15) is 0 Å². The molecule has 0 atom stereocenters. The average Bonchev–Trinajstić information content (AvgIpc) is 3.87. The number of fused-ring (bicyclic) bond motifs is 6. The summed E-state index contributed by atoms with van der Waals surface area (Å²) in [4.78, 5) is 2.43. The van der Waals surface area contributed by atoms with Gasteiger partial charge in [0.1, 0.15) is 11.2 Å². The molecule has 0 saturated heterocycles. The number of para-hydroxylation sites is 2. The second-order valence-electron chi connectivity index (χ2n) is 14.5. The van der Waals surface area contributed by atoms with Crippen molar-refractivity contribution >= 4 is 70.5 Å². The fourth-order valence-corrected chi connectivity index (χ4v) is 9.55. The number of rotatable bonds is 7. The number of hydrogen-bond donors (Lipinski definition) is 0. The molecule has 0 aliphatic carbocycles. The molecule has 0 aliphatic heterocycles. The van der Waals surface area contributed by atoms with E-state index in [1.54, 1.807) is 0 Å². The Morgan fingerprint density at radius 2 is 0.912 bits per heavy atom. The van der Waals surface area contributed by atoms with Gasteiger partial charge in [-0.15, -0.1) is 11.3 Å². The molecule has 0 unspecified atom stereocenters. The lowest BCUT2D eigenvalue weighted by molar-refractivity contribution is 0.670. The zero-order chi connectivity index (χ0) is 37.7. The first-order valence-corrected chi connectivity index (χ1v) is 20.1. The van der Waals surface area contributed by atoms with Crippen molar-refractivity contribution in [3.05, 3.63) is 212 Å². The van der Waals surface area contributed by atoms with Crippen LogP contribution in [0.4, 0.5) is 17.1 Å². The zero-order valence-corrected chi connectivity index (χ0v) is 31.8. The van der Waals surface area contributed by atoms with E-state index in [2.05, 4.69) is 211 Å². The lowest BCUT2D eigenvalue weighted by atomic mass is 9.92. The number of nitrogens with zero attached hydrogens (tertiary/aromatic N) is 1. The highest BCUT2D eigenvalue weighted by Gasteiger charge is 2.22. The largest absolute Gasteiger partial charge is 0.455 e. The van der Waals surface area contributed by atoms with Crippen molar-refractivity contribution in [2.24, 2.45) is 0 Å². The van der Waals surface area contributed by atoms with Crippen LogP contribution in [0.2, 0.25) is 0 Å². The summed E-state index contributed by atoms with van der Waals surface area (Å²) in [7, 11) is 0. The van der Waals surface area contributed by atoms with Gasteiger partial charge in [-0.1, -0.05) is 170 Å².